The summed E-state index contributed by atoms with van der Waals surface area (Å²) in [5.41, 5.74) is 6.79. The molecular formula is C21H23N3O3. The molecule has 140 valence electrons. The standard InChI is InChI=1S/C21H23N3O3/c1-27-18-11-15(9-10-23-18)19(25)24-16-7-8-17(24)21(13-16,20(22)26)12-14-5-3-2-4-6-14/h2-6,9-11,16-17H,7-8,12-13H2,1H3,(H2,22,26)/t16-,17+,21+/m0/s1. The highest BCUT2D eigenvalue weighted by Crippen LogP contribution is 2.52. The number of benzene rings is 1. The van der Waals surface area contributed by atoms with Crippen LogP contribution in [-0.2, 0) is 11.2 Å². The Labute approximate surface area is 158 Å². The third-order valence-corrected chi connectivity index (χ3v) is 6.02. The number of aromatic nitrogens is 1. The number of methoxy groups -OCH3 is 1. The maximum Gasteiger partial charge on any atom is 0.254 e. The van der Waals surface area contributed by atoms with Crippen LogP contribution in [-0.4, -0.2) is 40.9 Å². The molecule has 2 bridgehead atoms. The number of hydrogen-bond acceptors (Lipinski definition) is 4. The average molecular weight is 365 g/mol. The number of nitrogens with two attached hydrogens (primary N) is 1. The summed E-state index contributed by atoms with van der Waals surface area (Å²) in [5, 5.41) is 0. The van der Waals surface area contributed by atoms with Crippen LogP contribution in [0.1, 0.15) is 35.2 Å². The first-order valence-electron chi connectivity index (χ1n) is 9.22. The minimum atomic E-state index is -0.711. The molecule has 3 heterocycles. The van der Waals surface area contributed by atoms with E-state index in [1.54, 1.807) is 18.3 Å². The Balaban J connectivity index is 1.66. The van der Waals surface area contributed by atoms with Gasteiger partial charge in [-0.15, -0.1) is 0 Å². The van der Waals surface area contributed by atoms with Crippen molar-refractivity contribution in [1.29, 1.82) is 0 Å². The molecule has 0 aliphatic carbocycles. The van der Waals surface area contributed by atoms with Crippen molar-refractivity contribution < 1.29 is 14.3 Å². The zero-order chi connectivity index (χ0) is 19.0. The van der Waals surface area contributed by atoms with Crippen LogP contribution < -0.4 is 10.5 Å². The highest BCUT2D eigenvalue weighted by molar-refractivity contribution is 5.96. The fourth-order valence-electron chi connectivity index (χ4n) is 4.79. The summed E-state index contributed by atoms with van der Waals surface area (Å²) in [6.45, 7) is 0. The largest absolute Gasteiger partial charge is 0.481 e. The van der Waals surface area contributed by atoms with Crippen molar-refractivity contribution >= 4 is 11.8 Å². The van der Waals surface area contributed by atoms with Gasteiger partial charge in [0.25, 0.3) is 5.91 Å². The number of hydrogen-bond donors (Lipinski definition) is 1. The van der Waals surface area contributed by atoms with Crippen LogP contribution in [0.3, 0.4) is 0 Å². The zero-order valence-electron chi connectivity index (χ0n) is 15.3. The van der Waals surface area contributed by atoms with Crippen LogP contribution in [0, 0.1) is 5.41 Å². The van der Waals surface area contributed by atoms with Crippen LogP contribution in [0.15, 0.2) is 48.7 Å². The second kappa shape index (κ2) is 6.68. The molecule has 0 radical (unpaired) electrons. The normalized spacial score (nSPS) is 26.2. The molecule has 0 unspecified atom stereocenters. The third kappa shape index (κ3) is 2.85. The number of amides is 2. The molecule has 0 spiro atoms. The molecule has 2 N–H and O–H groups in total. The Morgan fingerprint density at radius 3 is 2.74 bits per heavy atom. The Morgan fingerprint density at radius 2 is 2.04 bits per heavy atom. The van der Waals surface area contributed by atoms with Gasteiger partial charge in [-0.25, -0.2) is 4.98 Å². The van der Waals surface area contributed by atoms with Crippen LogP contribution in [0.2, 0.25) is 0 Å². The van der Waals surface area contributed by atoms with Crippen LogP contribution in [0.4, 0.5) is 0 Å². The van der Waals surface area contributed by atoms with Crippen molar-refractivity contribution in [2.75, 3.05) is 7.11 Å². The molecule has 1 aromatic heterocycles. The Kier molecular flexibility index (Phi) is 4.34. The molecular weight excluding hydrogens is 342 g/mol. The minimum absolute atomic E-state index is 0.0397. The zero-order valence-corrected chi connectivity index (χ0v) is 15.3. The van der Waals surface area contributed by atoms with Gasteiger partial charge in [0.15, 0.2) is 0 Å². The van der Waals surface area contributed by atoms with Crippen LogP contribution in [0.5, 0.6) is 5.88 Å². The van der Waals surface area contributed by atoms with E-state index in [2.05, 4.69) is 4.98 Å². The first-order valence-corrected chi connectivity index (χ1v) is 9.22. The Morgan fingerprint density at radius 1 is 1.26 bits per heavy atom. The van der Waals surface area contributed by atoms with Crippen molar-refractivity contribution in [3.63, 3.8) is 0 Å². The predicted octanol–water partition coefficient (Wildman–Crippen LogP) is 2.18. The monoisotopic (exact) mass is 365 g/mol. The van der Waals surface area contributed by atoms with Crippen molar-refractivity contribution in [1.82, 2.24) is 9.88 Å². The molecule has 4 rings (SSSR count). The lowest BCUT2D eigenvalue weighted by molar-refractivity contribution is -0.129. The number of rotatable bonds is 5. The van der Waals surface area contributed by atoms with E-state index in [1.807, 2.05) is 35.2 Å². The van der Waals surface area contributed by atoms with Gasteiger partial charge >= 0.3 is 0 Å². The quantitative estimate of drug-likeness (QED) is 0.880. The molecule has 2 aliphatic heterocycles. The van der Waals surface area contributed by atoms with E-state index in [1.165, 1.54) is 7.11 Å². The maximum atomic E-state index is 13.2. The molecule has 2 aromatic rings. The number of carbonyl (C=O) groups is 2. The highest BCUT2D eigenvalue weighted by atomic mass is 16.5. The SMILES string of the molecule is COc1cc(C(=O)N2[C@H]3CC[C@@H]2[C@](Cc2ccccc2)(C(N)=O)C3)ccn1. The molecule has 0 saturated carbocycles. The third-order valence-electron chi connectivity index (χ3n) is 6.02. The van der Waals surface area contributed by atoms with Crippen molar-refractivity contribution in [2.45, 2.75) is 37.8 Å². The summed E-state index contributed by atoms with van der Waals surface area (Å²) < 4.78 is 5.14. The smallest absolute Gasteiger partial charge is 0.254 e. The second-order valence-electron chi connectivity index (χ2n) is 7.43. The van der Waals surface area contributed by atoms with E-state index < -0.39 is 5.41 Å². The first-order chi connectivity index (χ1) is 13.0. The average Bonchev–Trinajstić information content (AvgIpc) is 3.24. The fourth-order valence-corrected chi connectivity index (χ4v) is 4.79. The van der Waals surface area contributed by atoms with E-state index in [0.717, 1.165) is 18.4 Å². The lowest BCUT2D eigenvalue weighted by Crippen LogP contribution is -2.49. The number of ether oxygens (including phenoxy) is 1. The Hall–Kier alpha value is -2.89. The molecule has 2 fully saturated rings. The van der Waals surface area contributed by atoms with Gasteiger partial charge in [-0.2, -0.15) is 0 Å². The number of primary amides is 1. The van der Waals surface area contributed by atoms with E-state index in [9.17, 15) is 9.59 Å². The number of carbonyl (C=O) groups excluding carboxylic acids is 2. The minimum Gasteiger partial charge on any atom is -0.481 e. The molecule has 27 heavy (non-hydrogen) atoms. The highest BCUT2D eigenvalue weighted by Gasteiger charge is 2.60. The summed E-state index contributed by atoms with van der Waals surface area (Å²) in [7, 11) is 1.52. The molecule has 3 atom stereocenters. The first kappa shape index (κ1) is 17.5. The van der Waals surface area contributed by atoms with Gasteiger partial charge in [0, 0.05) is 29.9 Å². The van der Waals surface area contributed by atoms with E-state index >= 15 is 0 Å². The molecule has 6 nitrogen and oxygen atoms in total. The van der Waals surface area contributed by atoms with Gasteiger partial charge in [-0.3, -0.25) is 9.59 Å². The Bertz CT molecular complexity index is 870. The summed E-state index contributed by atoms with van der Waals surface area (Å²) in [5.74, 6) is 0.000826. The number of fused-ring (bicyclic) bond motifs is 2. The second-order valence-corrected chi connectivity index (χ2v) is 7.43. The van der Waals surface area contributed by atoms with Gasteiger partial charge in [-0.1, -0.05) is 30.3 Å². The molecule has 2 aliphatic rings. The summed E-state index contributed by atoms with van der Waals surface area (Å²) >= 11 is 0. The van der Waals surface area contributed by atoms with Gasteiger partial charge in [0.05, 0.1) is 12.5 Å². The van der Waals surface area contributed by atoms with Crippen LogP contribution >= 0.6 is 0 Å². The predicted molar refractivity (Wildman–Crippen MR) is 100 cm³/mol. The summed E-state index contributed by atoms with van der Waals surface area (Å²) in [6, 6.07) is 13.1. The summed E-state index contributed by atoms with van der Waals surface area (Å²) in [4.78, 5) is 31.7. The van der Waals surface area contributed by atoms with Crippen molar-refractivity contribution in [3.05, 3.63) is 59.8 Å². The molecule has 2 saturated heterocycles. The van der Waals surface area contributed by atoms with Crippen LogP contribution in [0.25, 0.3) is 0 Å². The van der Waals surface area contributed by atoms with Gasteiger partial charge < -0.3 is 15.4 Å². The van der Waals surface area contributed by atoms with Gasteiger partial charge in [0.1, 0.15) is 0 Å². The van der Waals surface area contributed by atoms with Crippen molar-refractivity contribution in [3.8, 4) is 5.88 Å². The van der Waals surface area contributed by atoms with Gasteiger partial charge in [0.2, 0.25) is 11.8 Å². The molecule has 1 aromatic carbocycles. The van der Waals surface area contributed by atoms with Gasteiger partial charge in [-0.05, 0) is 37.3 Å². The molecule has 6 heteroatoms. The lowest BCUT2D eigenvalue weighted by Gasteiger charge is -2.34. The summed E-state index contributed by atoms with van der Waals surface area (Å²) in [6.07, 6.45) is 4.45. The van der Waals surface area contributed by atoms with E-state index in [4.69, 9.17) is 10.5 Å². The number of pyridine rings is 1. The number of nitrogens with zero attached hydrogens (tertiary/aromatic N) is 2. The fraction of sp³-hybridized carbons (Fsp3) is 0.381. The maximum absolute atomic E-state index is 13.2. The van der Waals surface area contributed by atoms with E-state index in [0.29, 0.717) is 24.3 Å². The van der Waals surface area contributed by atoms with Crippen molar-refractivity contribution in [2.24, 2.45) is 11.1 Å². The lowest BCUT2D eigenvalue weighted by atomic mass is 9.69. The topological polar surface area (TPSA) is 85.5 Å². The van der Waals surface area contributed by atoms with E-state index in [-0.39, 0.29) is 23.9 Å². The molecule has 2 amide bonds.